The molecule has 0 saturated heterocycles. The zero-order valence-corrected chi connectivity index (χ0v) is 9.78. The second-order valence-corrected chi connectivity index (χ2v) is 4.22. The maximum atomic E-state index is 9.45. The van der Waals surface area contributed by atoms with Crippen LogP contribution in [0.4, 0.5) is 0 Å². The van der Waals surface area contributed by atoms with Gasteiger partial charge in [0.05, 0.1) is 0 Å². The minimum Gasteiger partial charge on any atom is -0.508 e. The van der Waals surface area contributed by atoms with E-state index in [4.69, 9.17) is 4.74 Å². The zero-order chi connectivity index (χ0) is 12.4. The highest BCUT2D eigenvalue weighted by Crippen LogP contribution is 2.25. The van der Waals surface area contributed by atoms with E-state index in [0.29, 0.717) is 12.5 Å². The Hall–Kier alpha value is -2.29. The maximum absolute atomic E-state index is 9.45. The molecule has 0 saturated carbocycles. The molecule has 2 aromatic carbocycles. The quantitative estimate of drug-likeness (QED) is 0.875. The molecule has 0 amide bonds. The molecule has 1 atom stereocenters. The molecular weight excluding hydrogens is 226 g/mol. The van der Waals surface area contributed by atoms with E-state index in [1.54, 1.807) is 18.2 Å². The first kappa shape index (κ1) is 10.8. The van der Waals surface area contributed by atoms with Crippen molar-refractivity contribution in [1.82, 2.24) is 0 Å². The molecule has 0 spiro atoms. The fourth-order valence-electron chi connectivity index (χ4n) is 2.02. The van der Waals surface area contributed by atoms with E-state index in [9.17, 15) is 5.11 Å². The van der Waals surface area contributed by atoms with Crippen LogP contribution in [0.3, 0.4) is 0 Å². The van der Waals surface area contributed by atoms with Gasteiger partial charge < -0.3 is 9.84 Å². The topological polar surface area (TPSA) is 41.8 Å². The molecule has 90 valence electrons. The van der Waals surface area contributed by atoms with Crippen molar-refractivity contribution in [3.05, 3.63) is 65.7 Å². The fourth-order valence-corrected chi connectivity index (χ4v) is 2.02. The Balaban J connectivity index is 1.88. The highest BCUT2D eigenvalue weighted by atomic mass is 16.5. The lowest BCUT2D eigenvalue weighted by Crippen LogP contribution is -2.00. The first-order valence-electron chi connectivity index (χ1n) is 5.88. The van der Waals surface area contributed by atoms with Gasteiger partial charge in [0.25, 0.3) is 0 Å². The lowest BCUT2D eigenvalue weighted by atomic mass is 10.1. The van der Waals surface area contributed by atoms with E-state index in [2.05, 4.69) is 4.99 Å². The normalized spacial score (nSPS) is 18.2. The van der Waals surface area contributed by atoms with Crippen molar-refractivity contribution in [2.24, 2.45) is 4.99 Å². The minimum absolute atomic E-state index is 0.0450. The third-order valence-electron chi connectivity index (χ3n) is 2.93. The van der Waals surface area contributed by atoms with E-state index in [0.717, 1.165) is 11.1 Å². The number of nitrogens with zero attached hydrogens (tertiary/aromatic N) is 1. The summed E-state index contributed by atoms with van der Waals surface area (Å²) < 4.78 is 5.60. The number of phenols is 1. The van der Waals surface area contributed by atoms with Gasteiger partial charge >= 0.3 is 0 Å². The molecule has 1 aliphatic rings. The average molecular weight is 239 g/mol. The van der Waals surface area contributed by atoms with Crippen LogP contribution in [0.2, 0.25) is 0 Å². The number of rotatable bonds is 2. The summed E-state index contributed by atoms with van der Waals surface area (Å²) in [5.41, 5.74) is 1.96. The van der Waals surface area contributed by atoms with Gasteiger partial charge in [-0.05, 0) is 23.8 Å². The van der Waals surface area contributed by atoms with Crippen LogP contribution in [0, 0.1) is 0 Å². The van der Waals surface area contributed by atoms with Gasteiger partial charge in [-0.2, -0.15) is 0 Å². The standard InChI is InChI=1S/C15H13NO2/c17-13-8-4-7-12(9-13)15-16-14(10-18-15)11-5-2-1-3-6-11/h1-9,14,17H,10H2/t14-/m0/s1. The number of benzene rings is 2. The number of ether oxygens (including phenoxy) is 1. The van der Waals surface area contributed by atoms with Crippen LogP contribution >= 0.6 is 0 Å². The Labute approximate surface area is 105 Å². The lowest BCUT2D eigenvalue weighted by Gasteiger charge is -2.03. The van der Waals surface area contributed by atoms with Crippen molar-refractivity contribution >= 4 is 5.90 Å². The average Bonchev–Trinajstić information content (AvgIpc) is 2.89. The van der Waals surface area contributed by atoms with Crippen LogP contribution in [0.5, 0.6) is 5.75 Å². The fraction of sp³-hybridized carbons (Fsp3) is 0.133. The third kappa shape index (κ3) is 2.07. The van der Waals surface area contributed by atoms with Gasteiger partial charge in [-0.1, -0.05) is 36.4 Å². The van der Waals surface area contributed by atoms with Gasteiger partial charge in [-0.25, -0.2) is 4.99 Å². The summed E-state index contributed by atoms with van der Waals surface area (Å²) in [4.78, 5) is 4.55. The Bertz CT molecular complexity index is 578. The largest absolute Gasteiger partial charge is 0.508 e. The second-order valence-electron chi connectivity index (χ2n) is 4.22. The molecule has 0 aliphatic carbocycles. The number of phenolic OH excluding ortho intramolecular Hbond substituents is 1. The molecule has 0 bridgehead atoms. The number of hydrogen-bond donors (Lipinski definition) is 1. The molecule has 3 rings (SSSR count). The molecule has 0 aromatic heterocycles. The summed E-state index contributed by atoms with van der Waals surface area (Å²) in [5, 5.41) is 9.45. The van der Waals surface area contributed by atoms with Crippen LogP contribution in [0.15, 0.2) is 59.6 Å². The van der Waals surface area contributed by atoms with Crippen LogP contribution in [-0.2, 0) is 4.74 Å². The molecule has 1 N–H and O–H groups in total. The van der Waals surface area contributed by atoms with Crippen molar-refractivity contribution in [2.75, 3.05) is 6.61 Å². The molecule has 2 aromatic rings. The molecule has 1 aliphatic heterocycles. The molecular formula is C15H13NO2. The highest BCUT2D eigenvalue weighted by Gasteiger charge is 2.21. The van der Waals surface area contributed by atoms with E-state index >= 15 is 0 Å². The Morgan fingerprint density at radius 1 is 1.06 bits per heavy atom. The van der Waals surface area contributed by atoms with Gasteiger partial charge in [0.15, 0.2) is 0 Å². The molecule has 0 fully saturated rings. The summed E-state index contributed by atoms with van der Waals surface area (Å²) in [6.45, 7) is 0.551. The van der Waals surface area contributed by atoms with E-state index in [1.807, 2.05) is 36.4 Å². The number of aliphatic imine (C=N–C) groups is 1. The van der Waals surface area contributed by atoms with E-state index in [-0.39, 0.29) is 11.8 Å². The highest BCUT2D eigenvalue weighted by molar-refractivity contribution is 5.95. The Kier molecular flexibility index (Phi) is 2.73. The molecule has 0 unspecified atom stereocenters. The first-order valence-corrected chi connectivity index (χ1v) is 5.88. The summed E-state index contributed by atoms with van der Waals surface area (Å²) >= 11 is 0. The van der Waals surface area contributed by atoms with Gasteiger partial charge in [0.2, 0.25) is 5.90 Å². The van der Waals surface area contributed by atoms with Gasteiger partial charge in [-0.3, -0.25) is 0 Å². The Morgan fingerprint density at radius 2 is 1.89 bits per heavy atom. The smallest absolute Gasteiger partial charge is 0.217 e. The third-order valence-corrected chi connectivity index (χ3v) is 2.93. The van der Waals surface area contributed by atoms with E-state index in [1.165, 1.54) is 0 Å². The number of hydrogen-bond acceptors (Lipinski definition) is 3. The SMILES string of the molecule is Oc1cccc(C2=N[C@H](c3ccccc3)CO2)c1. The van der Waals surface area contributed by atoms with Crippen LogP contribution in [-0.4, -0.2) is 17.6 Å². The summed E-state index contributed by atoms with van der Waals surface area (Å²) in [6, 6.07) is 17.1. The summed E-state index contributed by atoms with van der Waals surface area (Å²) in [6.07, 6.45) is 0. The van der Waals surface area contributed by atoms with Crippen molar-refractivity contribution in [1.29, 1.82) is 0 Å². The second kappa shape index (κ2) is 4.53. The van der Waals surface area contributed by atoms with E-state index < -0.39 is 0 Å². The molecule has 1 heterocycles. The Morgan fingerprint density at radius 3 is 2.67 bits per heavy atom. The van der Waals surface area contributed by atoms with Crippen molar-refractivity contribution < 1.29 is 9.84 Å². The first-order chi connectivity index (χ1) is 8.83. The monoisotopic (exact) mass is 239 g/mol. The van der Waals surface area contributed by atoms with Gasteiger partial charge in [-0.15, -0.1) is 0 Å². The predicted octanol–water partition coefficient (Wildman–Crippen LogP) is 2.91. The summed E-state index contributed by atoms with van der Waals surface area (Å²) in [7, 11) is 0. The molecule has 3 heteroatoms. The predicted molar refractivity (Wildman–Crippen MR) is 69.8 cm³/mol. The van der Waals surface area contributed by atoms with Crippen molar-refractivity contribution in [3.8, 4) is 5.75 Å². The van der Waals surface area contributed by atoms with Crippen molar-refractivity contribution in [3.63, 3.8) is 0 Å². The van der Waals surface area contributed by atoms with Crippen LogP contribution < -0.4 is 0 Å². The molecule has 0 radical (unpaired) electrons. The van der Waals surface area contributed by atoms with Crippen molar-refractivity contribution in [2.45, 2.75) is 6.04 Å². The number of aromatic hydroxyl groups is 1. The lowest BCUT2D eigenvalue weighted by molar-refractivity contribution is 0.319. The van der Waals surface area contributed by atoms with Gasteiger partial charge in [0.1, 0.15) is 18.4 Å². The molecule has 18 heavy (non-hydrogen) atoms. The minimum atomic E-state index is 0.0450. The van der Waals surface area contributed by atoms with Crippen LogP contribution in [0.25, 0.3) is 0 Å². The molecule has 3 nitrogen and oxygen atoms in total. The summed E-state index contributed by atoms with van der Waals surface area (Å²) in [5.74, 6) is 0.821. The van der Waals surface area contributed by atoms with Crippen LogP contribution in [0.1, 0.15) is 17.2 Å². The van der Waals surface area contributed by atoms with Gasteiger partial charge in [0, 0.05) is 5.56 Å². The zero-order valence-electron chi connectivity index (χ0n) is 9.78. The maximum Gasteiger partial charge on any atom is 0.217 e.